The van der Waals surface area contributed by atoms with E-state index < -0.39 is 55.0 Å². The van der Waals surface area contributed by atoms with E-state index in [9.17, 15) is 24.8 Å². The average Bonchev–Trinajstić information content (AvgIpc) is 2.91. The second-order valence-corrected chi connectivity index (χ2v) is 12.9. The summed E-state index contributed by atoms with van der Waals surface area (Å²) < 4.78 is 31.4. The molecular formula is C31H57FLiNO8. The molecule has 2 fully saturated rings. The maximum absolute atomic E-state index is 12.6. The zero-order chi connectivity index (χ0) is 31.1. The summed E-state index contributed by atoms with van der Waals surface area (Å²) >= 11 is 0. The molecule has 0 aliphatic carbocycles. The number of nitrogens with zero attached hydrogens (tertiary/aromatic N) is 1. The Hall–Kier alpha value is -0.283. The van der Waals surface area contributed by atoms with Crippen LogP contribution >= 0.6 is 0 Å². The summed E-state index contributed by atoms with van der Waals surface area (Å²) in [5.41, 5.74) is -1.33. The van der Waals surface area contributed by atoms with Gasteiger partial charge in [0, 0.05) is 24.7 Å². The quantitative estimate of drug-likeness (QED) is 0.152. The van der Waals surface area contributed by atoms with Crippen molar-refractivity contribution in [3.05, 3.63) is 6.10 Å². The SMILES string of the molecule is CC[C@H]1OC(O)[C@H](C)[C@@H](O[C@H]2C[C@H](C)C[C@H](C)O2)[C@H](C)[C@@H](C)[C-](O)C[C@@H](C)/C(=N\OCCCF)[C@H](C)[C@@H](O)[C@]1(C)O.[Li+]. The van der Waals surface area contributed by atoms with E-state index in [2.05, 4.69) is 12.1 Å². The third kappa shape index (κ3) is 10.4. The van der Waals surface area contributed by atoms with Crippen LogP contribution < -0.4 is 18.9 Å². The van der Waals surface area contributed by atoms with Crippen molar-refractivity contribution < 1.29 is 62.7 Å². The number of hydrogen-bond donors (Lipinski definition) is 4. The van der Waals surface area contributed by atoms with Gasteiger partial charge in [0.05, 0.1) is 36.8 Å². The van der Waals surface area contributed by atoms with Crippen molar-refractivity contribution in [2.45, 2.75) is 137 Å². The number of oxime groups is 1. The molecule has 0 saturated carbocycles. The molecule has 0 aromatic carbocycles. The number of halogens is 1. The van der Waals surface area contributed by atoms with Crippen LogP contribution in [0.25, 0.3) is 0 Å². The normalized spacial score (nSPS) is 44.3. The number of alkyl halides is 1. The van der Waals surface area contributed by atoms with Crippen LogP contribution in [0.5, 0.6) is 0 Å². The number of aliphatic hydroxyl groups excluding tert-OH is 3. The minimum atomic E-state index is -1.77. The standard InChI is InChI=1S/C31H57FNO8.Li/c1-10-25-31(9,37)29(35)22(7)27(33-38-13-11-12-32)18(3)16-24(34)20(5)21(6)28(23(8)30(36)40-25)41-26-15-17(2)14-19(4)39-26;/h17-23,25-26,28-30,34-37H,10-16H2,1-9H3;/q-1;+1/b33-27+;/t17-,18-,19+,20-,21-,22+,23-,25-,26+,28+,29-,30?,31-;/m1./s1. The van der Waals surface area contributed by atoms with Gasteiger partial charge in [0.1, 0.15) is 12.2 Å². The molecule has 0 aromatic rings. The minimum Gasteiger partial charge on any atom is -0.563 e. The molecule has 0 amide bonds. The molecule has 42 heavy (non-hydrogen) atoms. The number of ether oxygens (including phenoxy) is 3. The molecular weight excluding hydrogens is 540 g/mol. The minimum absolute atomic E-state index is 0. The smallest absolute Gasteiger partial charge is 0.563 e. The monoisotopic (exact) mass is 597 g/mol. The first-order valence-corrected chi connectivity index (χ1v) is 15.5. The van der Waals surface area contributed by atoms with E-state index in [1.54, 1.807) is 6.92 Å². The fourth-order valence-electron chi connectivity index (χ4n) is 6.36. The van der Waals surface area contributed by atoms with Gasteiger partial charge in [-0.1, -0.05) is 53.6 Å². The molecule has 0 aromatic heterocycles. The third-order valence-electron chi connectivity index (χ3n) is 9.25. The zero-order valence-electron chi connectivity index (χ0n) is 27.6. The molecule has 2 aliphatic heterocycles. The maximum Gasteiger partial charge on any atom is 1.00 e. The molecule has 2 saturated heterocycles. The van der Waals surface area contributed by atoms with Gasteiger partial charge in [-0.15, -0.1) is 12.3 Å². The summed E-state index contributed by atoms with van der Waals surface area (Å²) in [6.07, 6.45) is -1.93. The molecule has 0 bridgehead atoms. The second kappa shape index (κ2) is 18.0. The molecule has 0 spiro atoms. The first-order chi connectivity index (χ1) is 19.1. The van der Waals surface area contributed by atoms with E-state index >= 15 is 0 Å². The summed E-state index contributed by atoms with van der Waals surface area (Å²) in [7, 11) is 0. The van der Waals surface area contributed by atoms with Crippen molar-refractivity contribution in [3.63, 3.8) is 0 Å². The van der Waals surface area contributed by atoms with Crippen LogP contribution in [0.3, 0.4) is 0 Å². The van der Waals surface area contributed by atoms with Crippen LogP contribution in [0.1, 0.15) is 94.4 Å². The second-order valence-electron chi connectivity index (χ2n) is 12.9. The van der Waals surface area contributed by atoms with Crippen LogP contribution in [0.4, 0.5) is 4.39 Å². The maximum atomic E-state index is 12.6. The molecule has 9 nitrogen and oxygen atoms in total. The van der Waals surface area contributed by atoms with Crippen LogP contribution in [-0.2, 0) is 19.0 Å². The van der Waals surface area contributed by atoms with Crippen molar-refractivity contribution in [1.82, 2.24) is 0 Å². The Labute approximate surface area is 265 Å². The molecule has 2 rings (SSSR count). The van der Waals surface area contributed by atoms with Gasteiger partial charge in [-0.05, 0) is 44.4 Å². The van der Waals surface area contributed by atoms with Crippen molar-refractivity contribution in [2.24, 2.45) is 40.7 Å². The number of rotatable bonds is 7. The zero-order valence-corrected chi connectivity index (χ0v) is 27.6. The Kier molecular flexibility index (Phi) is 17.0. The van der Waals surface area contributed by atoms with Crippen molar-refractivity contribution >= 4 is 5.71 Å². The van der Waals surface area contributed by atoms with Crippen LogP contribution in [-0.4, -0.2) is 82.0 Å². The summed E-state index contributed by atoms with van der Waals surface area (Å²) in [4.78, 5) is 5.39. The molecule has 1 unspecified atom stereocenters. The van der Waals surface area contributed by atoms with Crippen molar-refractivity contribution in [2.75, 3.05) is 13.3 Å². The fraction of sp³-hybridized carbons (Fsp3) is 0.935. The van der Waals surface area contributed by atoms with E-state index in [4.69, 9.17) is 19.0 Å². The van der Waals surface area contributed by atoms with Gasteiger partial charge >= 0.3 is 18.9 Å². The van der Waals surface area contributed by atoms with Gasteiger partial charge in [-0.3, -0.25) is 4.39 Å². The molecule has 242 valence electrons. The summed E-state index contributed by atoms with van der Waals surface area (Å²) in [5, 5.41) is 49.9. The van der Waals surface area contributed by atoms with Gasteiger partial charge in [0.15, 0.2) is 12.6 Å². The van der Waals surface area contributed by atoms with E-state index in [0.717, 1.165) is 12.8 Å². The Balaban J connectivity index is 0.00000882. The Morgan fingerprint density at radius 1 is 1.05 bits per heavy atom. The largest absolute Gasteiger partial charge is 1.00 e. The molecule has 0 radical (unpaired) electrons. The van der Waals surface area contributed by atoms with Crippen LogP contribution in [0.15, 0.2) is 5.16 Å². The summed E-state index contributed by atoms with van der Waals surface area (Å²) in [6, 6.07) is 0. The van der Waals surface area contributed by atoms with E-state index in [1.165, 1.54) is 6.92 Å². The number of hydrogen-bond acceptors (Lipinski definition) is 9. The molecule has 2 heterocycles. The van der Waals surface area contributed by atoms with Gasteiger partial charge in [-0.25, -0.2) is 0 Å². The first-order valence-electron chi connectivity index (χ1n) is 15.5. The van der Waals surface area contributed by atoms with E-state index in [1.807, 2.05) is 41.5 Å². The fourth-order valence-corrected chi connectivity index (χ4v) is 6.36. The molecule has 13 atom stereocenters. The Morgan fingerprint density at radius 3 is 2.26 bits per heavy atom. The molecule has 4 N–H and O–H groups in total. The van der Waals surface area contributed by atoms with Gasteiger partial charge < -0.3 is 39.5 Å². The van der Waals surface area contributed by atoms with Crippen LogP contribution in [0, 0.1) is 41.6 Å². The Morgan fingerprint density at radius 2 is 1.69 bits per heavy atom. The first kappa shape index (κ1) is 39.7. The van der Waals surface area contributed by atoms with E-state index in [-0.39, 0.29) is 68.3 Å². The summed E-state index contributed by atoms with van der Waals surface area (Å²) in [6.45, 7) is 16.4. The topological polar surface area (TPSA) is 130 Å². The predicted octanol–water partition coefficient (Wildman–Crippen LogP) is 1.98. The van der Waals surface area contributed by atoms with Gasteiger partial charge in [0.25, 0.3) is 0 Å². The predicted molar refractivity (Wildman–Crippen MR) is 155 cm³/mol. The van der Waals surface area contributed by atoms with Gasteiger partial charge in [-0.2, -0.15) is 6.10 Å². The Bertz CT molecular complexity index is 797. The summed E-state index contributed by atoms with van der Waals surface area (Å²) in [5.74, 6) is -1.73. The third-order valence-corrected chi connectivity index (χ3v) is 9.25. The number of aliphatic hydroxyl groups is 4. The van der Waals surface area contributed by atoms with Gasteiger partial charge in [0.2, 0.25) is 0 Å². The average molecular weight is 598 g/mol. The van der Waals surface area contributed by atoms with Crippen molar-refractivity contribution in [3.8, 4) is 0 Å². The van der Waals surface area contributed by atoms with Crippen LogP contribution in [0.2, 0.25) is 0 Å². The molecule has 2 aliphatic rings. The van der Waals surface area contributed by atoms with E-state index in [0.29, 0.717) is 18.1 Å². The molecule has 11 heteroatoms. The van der Waals surface area contributed by atoms with Crippen molar-refractivity contribution in [1.29, 1.82) is 0 Å².